The molecule has 1 aliphatic rings. The average Bonchev–Trinajstić information content (AvgIpc) is 2.89. The summed E-state index contributed by atoms with van der Waals surface area (Å²) in [6.45, 7) is 4.60. The maximum atomic E-state index is 3.63. The van der Waals surface area contributed by atoms with Crippen LogP contribution in [0.1, 0.15) is 44.6 Å². The van der Waals surface area contributed by atoms with E-state index in [2.05, 4.69) is 29.1 Å². The summed E-state index contributed by atoms with van der Waals surface area (Å²) in [4.78, 5) is 0. The van der Waals surface area contributed by atoms with E-state index in [9.17, 15) is 0 Å². The highest BCUT2D eigenvalue weighted by atomic mass is 32.1. The lowest BCUT2D eigenvalue weighted by Crippen LogP contribution is -2.31. The molecule has 2 heteroatoms. The Kier molecular flexibility index (Phi) is 3.81. The molecular weight excluding hydrogens is 202 g/mol. The summed E-state index contributed by atoms with van der Waals surface area (Å²) in [5.74, 6) is 0. The van der Waals surface area contributed by atoms with E-state index in [0.29, 0.717) is 5.41 Å². The molecule has 1 heterocycles. The third-order valence-corrected chi connectivity index (χ3v) is 4.56. The van der Waals surface area contributed by atoms with Gasteiger partial charge in [0, 0.05) is 13.1 Å². The van der Waals surface area contributed by atoms with Crippen molar-refractivity contribution in [1.29, 1.82) is 0 Å². The minimum absolute atomic E-state index is 0.621. The summed E-state index contributed by atoms with van der Waals surface area (Å²) in [7, 11) is 0. The molecule has 1 aliphatic carbocycles. The maximum absolute atomic E-state index is 3.63. The fourth-order valence-electron chi connectivity index (χ4n) is 2.65. The van der Waals surface area contributed by atoms with Crippen LogP contribution in [0.15, 0.2) is 16.8 Å². The number of nitrogens with one attached hydrogen (secondary N) is 1. The molecular formula is C13H21NS. The van der Waals surface area contributed by atoms with E-state index in [1.165, 1.54) is 44.2 Å². The Balaban J connectivity index is 1.77. The van der Waals surface area contributed by atoms with E-state index in [1.807, 2.05) is 0 Å². The Labute approximate surface area is 96.9 Å². The molecule has 0 aromatic carbocycles. The maximum Gasteiger partial charge on any atom is 0.0213 e. The monoisotopic (exact) mass is 223 g/mol. The molecule has 0 spiro atoms. The molecule has 0 amide bonds. The number of hydrogen-bond donors (Lipinski definition) is 1. The summed E-state index contributed by atoms with van der Waals surface area (Å²) in [5.41, 5.74) is 2.06. The molecule has 1 fully saturated rings. The van der Waals surface area contributed by atoms with E-state index in [-0.39, 0.29) is 0 Å². The van der Waals surface area contributed by atoms with Gasteiger partial charge in [0.05, 0.1) is 0 Å². The number of rotatable bonds is 5. The van der Waals surface area contributed by atoms with Crippen molar-refractivity contribution in [2.75, 3.05) is 6.54 Å². The predicted molar refractivity (Wildman–Crippen MR) is 67.2 cm³/mol. The van der Waals surface area contributed by atoms with Gasteiger partial charge in [0.25, 0.3) is 0 Å². The minimum Gasteiger partial charge on any atom is -0.312 e. The van der Waals surface area contributed by atoms with E-state index in [4.69, 9.17) is 0 Å². The zero-order valence-corrected chi connectivity index (χ0v) is 10.4. The van der Waals surface area contributed by atoms with Crippen LogP contribution in [0.25, 0.3) is 0 Å². The summed E-state index contributed by atoms with van der Waals surface area (Å²) in [6, 6.07) is 2.21. The van der Waals surface area contributed by atoms with E-state index in [1.54, 1.807) is 11.3 Å². The van der Waals surface area contributed by atoms with Gasteiger partial charge in [-0.05, 0) is 47.1 Å². The standard InChI is InChI=1S/C13H21NS/c1-2-13(6-3-4-7-13)11-14-9-12-5-8-15-10-12/h5,8,10,14H,2-4,6-7,9,11H2,1H3. The lowest BCUT2D eigenvalue weighted by atomic mass is 9.83. The van der Waals surface area contributed by atoms with Crippen molar-refractivity contribution in [2.45, 2.75) is 45.6 Å². The first-order chi connectivity index (χ1) is 7.35. The SMILES string of the molecule is CCC1(CNCc2ccsc2)CCCC1. The molecule has 0 saturated heterocycles. The lowest BCUT2D eigenvalue weighted by Gasteiger charge is -2.27. The van der Waals surface area contributed by atoms with Crippen molar-refractivity contribution >= 4 is 11.3 Å². The van der Waals surface area contributed by atoms with Crippen LogP contribution in [0.3, 0.4) is 0 Å². The minimum atomic E-state index is 0.621. The van der Waals surface area contributed by atoms with Gasteiger partial charge in [-0.2, -0.15) is 11.3 Å². The summed E-state index contributed by atoms with van der Waals surface area (Å²) < 4.78 is 0. The molecule has 84 valence electrons. The average molecular weight is 223 g/mol. The second-order valence-corrected chi connectivity index (χ2v) is 5.58. The van der Waals surface area contributed by atoms with Gasteiger partial charge in [-0.3, -0.25) is 0 Å². The first-order valence-electron chi connectivity index (χ1n) is 6.06. The molecule has 2 rings (SSSR count). The highest BCUT2D eigenvalue weighted by molar-refractivity contribution is 7.07. The molecule has 0 radical (unpaired) electrons. The first-order valence-corrected chi connectivity index (χ1v) is 7.01. The smallest absolute Gasteiger partial charge is 0.0213 e. The summed E-state index contributed by atoms with van der Waals surface area (Å²) >= 11 is 1.79. The molecule has 1 N–H and O–H groups in total. The molecule has 1 aromatic rings. The zero-order valence-electron chi connectivity index (χ0n) is 9.59. The van der Waals surface area contributed by atoms with Crippen LogP contribution in [-0.2, 0) is 6.54 Å². The van der Waals surface area contributed by atoms with E-state index < -0.39 is 0 Å². The van der Waals surface area contributed by atoms with Gasteiger partial charge < -0.3 is 5.32 Å². The zero-order chi connectivity index (χ0) is 10.6. The van der Waals surface area contributed by atoms with Crippen LogP contribution >= 0.6 is 11.3 Å². The van der Waals surface area contributed by atoms with E-state index >= 15 is 0 Å². The Morgan fingerprint density at radius 2 is 2.20 bits per heavy atom. The van der Waals surface area contributed by atoms with Crippen molar-refractivity contribution < 1.29 is 0 Å². The molecule has 0 atom stereocenters. The number of hydrogen-bond acceptors (Lipinski definition) is 2. The van der Waals surface area contributed by atoms with Crippen molar-refractivity contribution in [3.63, 3.8) is 0 Å². The molecule has 1 saturated carbocycles. The normalized spacial score (nSPS) is 19.5. The summed E-state index contributed by atoms with van der Waals surface area (Å²) in [6.07, 6.45) is 7.08. The second-order valence-electron chi connectivity index (χ2n) is 4.80. The van der Waals surface area contributed by atoms with Gasteiger partial charge in [0.1, 0.15) is 0 Å². The van der Waals surface area contributed by atoms with E-state index in [0.717, 1.165) is 6.54 Å². The Bertz CT molecular complexity index is 273. The van der Waals surface area contributed by atoms with Crippen molar-refractivity contribution in [3.8, 4) is 0 Å². The molecule has 0 bridgehead atoms. The molecule has 1 nitrogen and oxygen atoms in total. The van der Waals surface area contributed by atoms with Gasteiger partial charge in [-0.25, -0.2) is 0 Å². The largest absolute Gasteiger partial charge is 0.312 e. The van der Waals surface area contributed by atoms with Crippen LogP contribution < -0.4 is 5.32 Å². The topological polar surface area (TPSA) is 12.0 Å². The highest BCUT2D eigenvalue weighted by Gasteiger charge is 2.31. The van der Waals surface area contributed by atoms with Crippen LogP contribution in [0.5, 0.6) is 0 Å². The van der Waals surface area contributed by atoms with Crippen molar-refractivity contribution in [3.05, 3.63) is 22.4 Å². The molecule has 15 heavy (non-hydrogen) atoms. The van der Waals surface area contributed by atoms with Crippen LogP contribution in [-0.4, -0.2) is 6.54 Å². The van der Waals surface area contributed by atoms with Crippen LogP contribution in [0.4, 0.5) is 0 Å². The predicted octanol–water partition coefficient (Wildman–Crippen LogP) is 3.81. The molecule has 1 aromatic heterocycles. The molecule has 0 unspecified atom stereocenters. The molecule has 0 aliphatic heterocycles. The van der Waals surface area contributed by atoms with Gasteiger partial charge in [0.15, 0.2) is 0 Å². The van der Waals surface area contributed by atoms with Gasteiger partial charge in [-0.1, -0.05) is 19.8 Å². The Morgan fingerprint density at radius 1 is 1.40 bits per heavy atom. The Hall–Kier alpha value is -0.340. The van der Waals surface area contributed by atoms with Crippen molar-refractivity contribution in [2.24, 2.45) is 5.41 Å². The lowest BCUT2D eigenvalue weighted by molar-refractivity contribution is 0.268. The quantitative estimate of drug-likeness (QED) is 0.800. The third kappa shape index (κ3) is 2.82. The fraction of sp³-hybridized carbons (Fsp3) is 0.692. The second kappa shape index (κ2) is 5.13. The van der Waals surface area contributed by atoms with Gasteiger partial charge in [0.2, 0.25) is 0 Å². The van der Waals surface area contributed by atoms with Gasteiger partial charge >= 0.3 is 0 Å². The van der Waals surface area contributed by atoms with Gasteiger partial charge in [-0.15, -0.1) is 0 Å². The third-order valence-electron chi connectivity index (χ3n) is 3.82. The van der Waals surface area contributed by atoms with Crippen molar-refractivity contribution in [1.82, 2.24) is 5.32 Å². The van der Waals surface area contributed by atoms with Crippen LogP contribution in [0, 0.1) is 5.41 Å². The number of thiophene rings is 1. The fourth-order valence-corrected chi connectivity index (χ4v) is 3.31. The summed E-state index contributed by atoms with van der Waals surface area (Å²) in [5, 5.41) is 8.02. The first kappa shape index (κ1) is 11.2. The highest BCUT2D eigenvalue weighted by Crippen LogP contribution is 2.40. The van der Waals surface area contributed by atoms with Crippen LogP contribution in [0.2, 0.25) is 0 Å². The Morgan fingerprint density at radius 3 is 2.80 bits per heavy atom.